The molecule has 0 amide bonds. The maximum Gasteiger partial charge on any atom is 0.135 e. The van der Waals surface area contributed by atoms with Crippen LogP contribution in [-0.2, 0) is 0 Å². The van der Waals surface area contributed by atoms with E-state index in [1.165, 1.54) is 0 Å². The highest BCUT2D eigenvalue weighted by molar-refractivity contribution is 6.30. The van der Waals surface area contributed by atoms with Gasteiger partial charge in [0.15, 0.2) is 0 Å². The van der Waals surface area contributed by atoms with Crippen LogP contribution in [0.5, 0.6) is 5.75 Å². The molecule has 0 aliphatic heterocycles. The topological polar surface area (TPSA) is 88.6 Å². The number of halogens is 1. The first-order chi connectivity index (χ1) is 9.06. The minimum atomic E-state index is -1.17. The fourth-order valence-corrected chi connectivity index (χ4v) is 2.08. The van der Waals surface area contributed by atoms with Crippen molar-refractivity contribution in [2.45, 2.75) is 12.2 Å². The van der Waals surface area contributed by atoms with Gasteiger partial charge >= 0.3 is 0 Å². The van der Waals surface area contributed by atoms with Gasteiger partial charge in [-0.15, -0.1) is 0 Å². The third-order valence-electron chi connectivity index (χ3n) is 2.93. The summed E-state index contributed by atoms with van der Waals surface area (Å²) in [5.41, 5.74) is 6.36. The predicted molar refractivity (Wildman–Crippen MR) is 73.3 cm³/mol. The van der Waals surface area contributed by atoms with E-state index in [1.54, 1.807) is 31.4 Å². The normalized spacial score (nSPS) is 14.4. The number of pyridine rings is 1. The zero-order valence-electron chi connectivity index (χ0n) is 10.4. The summed E-state index contributed by atoms with van der Waals surface area (Å²) in [6.45, 7) is -0.0619. The first-order valence-electron chi connectivity index (χ1n) is 5.77. The highest BCUT2D eigenvalue weighted by atomic mass is 35.5. The molecule has 2 unspecified atom stereocenters. The van der Waals surface area contributed by atoms with Gasteiger partial charge in [0.05, 0.1) is 18.7 Å². The lowest BCUT2D eigenvalue weighted by atomic mass is 10.0. The van der Waals surface area contributed by atoms with Crippen LogP contribution < -0.4 is 10.5 Å². The third-order valence-corrected chi connectivity index (χ3v) is 3.23. The zero-order valence-corrected chi connectivity index (χ0v) is 11.1. The number of aliphatic hydroxyl groups excluding tert-OH is 2. The van der Waals surface area contributed by atoms with E-state index in [4.69, 9.17) is 22.1 Å². The first-order valence-corrected chi connectivity index (χ1v) is 6.15. The summed E-state index contributed by atoms with van der Waals surface area (Å²) in [5, 5.41) is 20.5. The third kappa shape index (κ3) is 2.79. The van der Waals surface area contributed by atoms with Crippen molar-refractivity contribution in [2.75, 3.05) is 13.7 Å². The molecule has 19 heavy (non-hydrogen) atoms. The van der Waals surface area contributed by atoms with Crippen molar-refractivity contribution in [1.29, 1.82) is 0 Å². The Morgan fingerprint density at radius 1 is 1.37 bits per heavy atom. The van der Waals surface area contributed by atoms with Crippen LogP contribution in [0.25, 0.3) is 10.9 Å². The molecule has 2 aromatic rings. The van der Waals surface area contributed by atoms with Gasteiger partial charge in [-0.1, -0.05) is 11.6 Å². The molecular weight excluding hydrogens is 268 g/mol. The van der Waals surface area contributed by atoms with Gasteiger partial charge in [-0.3, -0.25) is 0 Å². The summed E-state index contributed by atoms with van der Waals surface area (Å²) in [6.07, 6.45) is -2.25. The average Bonchev–Trinajstić information content (AvgIpc) is 2.44. The van der Waals surface area contributed by atoms with Crippen LogP contribution in [0.2, 0.25) is 5.15 Å². The van der Waals surface area contributed by atoms with Crippen LogP contribution in [0.4, 0.5) is 0 Å². The van der Waals surface area contributed by atoms with E-state index in [-0.39, 0.29) is 11.7 Å². The largest absolute Gasteiger partial charge is 0.497 e. The fraction of sp³-hybridized carbons (Fsp3) is 0.308. The Balaban J connectivity index is 2.52. The number of aliphatic hydroxyl groups is 2. The van der Waals surface area contributed by atoms with Gasteiger partial charge in [0.1, 0.15) is 17.0 Å². The standard InChI is InChI=1S/C13H15ClN2O3/c1-19-8-2-3-10-7(4-8)5-9(13(14)16-10)12(18)11(17)6-15/h2-5,11-12,17-18H,6,15H2,1H3. The number of aromatic nitrogens is 1. The second-order valence-corrected chi connectivity index (χ2v) is 4.53. The van der Waals surface area contributed by atoms with Gasteiger partial charge < -0.3 is 20.7 Å². The van der Waals surface area contributed by atoms with E-state index in [0.717, 1.165) is 5.39 Å². The number of nitrogens with zero attached hydrogens (tertiary/aromatic N) is 1. The van der Waals surface area contributed by atoms with E-state index in [9.17, 15) is 10.2 Å². The Hall–Kier alpha value is -1.40. The van der Waals surface area contributed by atoms with Crippen molar-refractivity contribution in [3.8, 4) is 5.75 Å². The van der Waals surface area contributed by atoms with Crippen LogP contribution in [0.1, 0.15) is 11.7 Å². The van der Waals surface area contributed by atoms with Gasteiger partial charge in [0, 0.05) is 17.5 Å². The molecule has 2 rings (SSSR count). The molecule has 2 atom stereocenters. The van der Waals surface area contributed by atoms with E-state index in [1.807, 2.05) is 0 Å². The number of fused-ring (bicyclic) bond motifs is 1. The van der Waals surface area contributed by atoms with Gasteiger partial charge in [0.25, 0.3) is 0 Å². The molecule has 0 saturated carbocycles. The van der Waals surface area contributed by atoms with Crippen LogP contribution in [0, 0.1) is 0 Å². The summed E-state index contributed by atoms with van der Waals surface area (Å²) in [5.74, 6) is 0.677. The predicted octanol–water partition coefficient (Wildman–Crippen LogP) is 1.25. The SMILES string of the molecule is COc1ccc2nc(Cl)c(C(O)C(O)CN)cc2c1. The van der Waals surface area contributed by atoms with Crippen molar-refractivity contribution in [1.82, 2.24) is 4.98 Å². The van der Waals surface area contributed by atoms with E-state index in [2.05, 4.69) is 4.98 Å². The molecule has 0 aliphatic rings. The summed E-state index contributed by atoms with van der Waals surface area (Å²) in [7, 11) is 1.57. The molecule has 6 heteroatoms. The van der Waals surface area contributed by atoms with Gasteiger partial charge in [-0.2, -0.15) is 0 Å². The summed E-state index contributed by atoms with van der Waals surface area (Å²) in [6, 6.07) is 7.01. The molecule has 0 aliphatic carbocycles. The number of methoxy groups -OCH3 is 1. The number of benzene rings is 1. The quantitative estimate of drug-likeness (QED) is 0.735. The van der Waals surface area contributed by atoms with Crippen LogP contribution in [0.15, 0.2) is 24.3 Å². The summed E-state index contributed by atoms with van der Waals surface area (Å²) >= 11 is 6.02. The minimum Gasteiger partial charge on any atom is -0.497 e. The molecule has 4 N–H and O–H groups in total. The molecule has 0 saturated heterocycles. The van der Waals surface area contributed by atoms with E-state index < -0.39 is 12.2 Å². The van der Waals surface area contributed by atoms with Gasteiger partial charge in [-0.25, -0.2) is 4.98 Å². The van der Waals surface area contributed by atoms with E-state index in [0.29, 0.717) is 16.8 Å². The van der Waals surface area contributed by atoms with Crippen molar-refractivity contribution in [3.63, 3.8) is 0 Å². The Morgan fingerprint density at radius 3 is 2.74 bits per heavy atom. The minimum absolute atomic E-state index is 0.0619. The lowest BCUT2D eigenvalue weighted by Gasteiger charge is -2.17. The number of rotatable bonds is 4. The molecule has 5 nitrogen and oxygen atoms in total. The number of nitrogens with two attached hydrogens (primary N) is 1. The maximum absolute atomic E-state index is 9.97. The maximum atomic E-state index is 9.97. The lowest BCUT2D eigenvalue weighted by molar-refractivity contribution is 0.0243. The molecule has 0 fully saturated rings. The Kier molecular flexibility index (Phi) is 4.21. The molecule has 1 aromatic carbocycles. The summed E-state index contributed by atoms with van der Waals surface area (Å²) in [4.78, 5) is 4.19. The second kappa shape index (κ2) is 5.71. The van der Waals surface area contributed by atoms with Crippen molar-refractivity contribution in [2.24, 2.45) is 5.73 Å². The monoisotopic (exact) mass is 282 g/mol. The lowest BCUT2D eigenvalue weighted by Crippen LogP contribution is -2.27. The van der Waals surface area contributed by atoms with Crippen molar-refractivity contribution >= 4 is 22.5 Å². The van der Waals surface area contributed by atoms with Crippen LogP contribution in [-0.4, -0.2) is 35.0 Å². The number of hydrogen-bond acceptors (Lipinski definition) is 5. The molecule has 0 bridgehead atoms. The highest BCUT2D eigenvalue weighted by Gasteiger charge is 2.21. The molecule has 0 spiro atoms. The van der Waals surface area contributed by atoms with Gasteiger partial charge in [-0.05, 0) is 24.3 Å². The molecule has 1 heterocycles. The summed E-state index contributed by atoms with van der Waals surface area (Å²) < 4.78 is 5.13. The number of hydrogen-bond donors (Lipinski definition) is 3. The molecule has 1 aromatic heterocycles. The van der Waals surface area contributed by atoms with Gasteiger partial charge in [0.2, 0.25) is 0 Å². The van der Waals surface area contributed by atoms with Crippen molar-refractivity contribution in [3.05, 3.63) is 35.0 Å². The highest BCUT2D eigenvalue weighted by Crippen LogP contribution is 2.29. The van der Waals surface area contributed by atoms with E-state index >= 15 is 0 Å². The number of ether oxygens (including phenoxy) is 1. The fourth-order valence-electron chi connectivity index (χ4n) is 1.82. The Bertz CT molecular complexity index is 591. The van der Waals surface area contributed by atoms with Crippen molar-refractivity contribution < 1.29 is 14.9 Å². The van der Waals surface area contributed by atoms with Crippen LogP contribution >= 0.6 is 11.6 Å². The zero-order chi connectivity index (χ0) is 14.0. The average molecular weight is 283 g/mol. The molecular formula is C13H15ClN2O3. The second-order valence-electron chi connectivity index (χ2n) is 4.17. The molecule has 102 valence electrons. The Labute approximate surface area is 115 Å². The van der Waals surface area contributed by atoms with Crippen LogP contribution in [0.3, 0.4) is 0 Å². The first kappa shape index (κ1) is 14.0. The smallest absolute Gasteiger partial charge is 0.135 e. The molecule has 0 radical (unpaired) electrons. The Morgan fingerprint density at radius 2 is 2.11 bits per heavy atom.